The summed E-state index contributed by atoms with van der Waals surface area (Å²) in [4.78, 5) is 23.2. The molecule has 0 radical (unpaired) electrons. The van der Waals surface area contributed by atoms with E-state index in [0.29, 0.717) is 11.9 Å². The van der Waals surface area contributed by atoms with E-state index in [1.165, 1.54) is 42.4 Å². The van der Waals surface area contributed by atoms with Crippen molar-refractivity contribution in [3.63, 3.8) is 0 Å². The third-order valence-electron chi connectivity index (χ3n) is 6.82. The van der Waals surface area contributed by atoms with E-state index in [1.807, 2.05) is 0 Å². The van der Waals surface area contributed by atoms with E-state index in [1.54, 1.807) is 0 Å². The van der Waals surface area contributed by atoms with Gasteiger partial charge in [0.1, 0.15) is 0 Å². The van der Waals surface area contributed by atoms with E-state index in [2.05, 4.69) is 50.9 Å². The predicted octanol–water partition coefficient (Wildman–Crippen LogP) is 4.03. The number of halogens is 1. The second-order valence-corrected chi connectivity index (χ2v) is 9.55. The van der Waals surface area contributed by atoms with Gasteiger partial charge in [-0.3, -0.25) is 9.79 Å². The fourth-order valence-corrected chi connectivity index (χ4v) is 5.63. The average molecular weight is 428 g/mol. The maximum Gasteiger partial charge on any atom is 0.230 e. The van der Waals surface area contributed by atoms with Gasteiger partial charge in [0.2, 0.25) is 12.8 Å². The van der Waals surface area contributed by atoms with Crippen molar-refractivity contribution >= 4 is 34.9 Å². The average Bonchev–Trinajstić information content (AvgIpc) is 3.53. The third kappa shape index (κ3) is 3.19. The molecule has 4 heterocycles. The lowest BCUT2D eigenvalue weighted by atomic mass is 9.79. The highest BCUT2D eigenvalue weighted by Gasteiger charge is 2.44. The number of carbonyl (C=O) groups excluding carboxylic acids is 1. The lowest BCUT2D eigenvalue weighted by molar-refractivity contribution is -0.137. The molecule has 4 aliphatic heterocycles. The highest BCUT2D eigenvalue weighted by atomic mass is 79.9. The van der Waals surface area contributed by atoms with Crippen molar-refractivity contribution in [3.8, 4) is 0 Å². The molecule has 5 aliphatic rings. The van der Waals surface area contributed by atoms with Crippen molar-refractivity contribution < 1.29 is 4.79 Å². The Kier molecular flexibility index (Phi) is 4.67. The number of amides is 1. The second kappa shape index (κ2) is 7.04. The predicted molar refractivity (Wildman–Crippen MR) is 114 cm³/mol. The zero-order valence-electron chi connectivity index (χ0n) is 16.0. The summed E-state index contributed by atoms with van der Waals surface area (Å²) in [7, 11) is 0. The van der Waals surface area contributed by atoms with Gasteiger partial charge >= 0.3 is 0 Å². The van der Waals surface area contributed by atoms with Gasteiger partial charge in [0, 0.05) is 34.8 Å². The van der Waals surface area contributed by atoms with Crippen LogP contribution in [0, 0.1) is 5.92 Å². The van der Waals surface area contributed by atoms with Gasteiger partial charge in [-0.2, -0.15) is 0 Å². The second-order valence-electron chi connectivity index (χ2n) is 8.63. The van der Waals surface area contributed by atoms with Crippen LogP contribution in [0.1, 0.15) is 39.0 Å². The maximum absolute atomic E-state index is 13.5. The molecular weight excluding hydrogens is 401 g/mol. The Bertz CT molecular complexity index is 782. The number of fused-ring (bicyclic) bond motifs is 2. The summed E-state index contributed by atoms with van der Waals surface area (Å²) < 4.78 is 1.12. The van der Waals surface area contributed by atoms with Gasteiger partial charge in [-0.25, -0.2) is 0 Å². The first-order valence-electron chi connectivity index (χ1n) is 10.6. The molecule has 0 aromatic carbocycles. The van der Waals surface area contributed by atoms with Gasteiger partial charge in [-0.05, 0) is 50.3 Å². The molecule has 0 bridgehead atoms. The Morgan fingerprint density at radius 1 is 1.37 bits per heavy atom. The number of dihydropyridines is 1. The number of carbonyl (C=O) groups is 1. The summed E-state index contributed by atoms with van der Waals surface area (Å²) in [5.74, 6) is 0.450. The SMILES string of the molecule is CCC1CC2=C(C3=CC(Br)=CCC3N=C2)N(C2CCCN(B3CC3)C2)C1=O. The highest BCUT2D eigenvalue weighted by Crippen LogP contribution is 2.42. The zero-order valence-corrected chi connectivity index (χ0v) is 17.6. The van der Waals surface area contributed by atoms with Gasteiger partial charge in [-0.1, -0.05) is 41.6 Å². The maximum atomic E-state index is 13.5. The molecule has 27 heavy (non-hydrogen) atoms. The van der Waals surface area contributed by atoms with Gasteiger partial charge in [0.05, 0.1) is 11.7 Å². The molecule has 4 nitrogen and oxygen atoms in total. The topological polar surface area (TPSA) is 35.9 Å². The summed E-state index contributed by atoms with van der Waals surface area (Å²) in [5, 5.41) is 0. The molecule has 5 rings (SSSR count). The largest absolute Gasteiger partial charge is 0.340 e. The summed E-state index contributed by atoms with van der Waals surface area (Å²) >= 11 is 3.66. The molecule has 142 valence electrons. The number of hydrogen-bond donors (Lipinski definition) is 0. The van der Waals surface area contributed by atoms with Crippen LogP contribution in [0.15, 0.2) is 38.5 Å². The lowest BCUT2D eigenvalue weighted by Crippen LogP contribution is -2.55. The number of allylic oxidation sites excluding steroid dienone is 3. The van der Waals surface area contributed by atoms with Gasteiger partial charge in [-0.15, -0.1) is 0 Å². The third-order valence-corrected chi connectivity index (χ3v) is 7.37. The van der Waals surface area contributed by atoms with Crippen molar-refractivity contribution in [1.82, 2.24) is 9.71 Å². The molecule has 0 aromatic heterocycles. The Morgan fingerprint density at radius 3 is 3.00 bits per heavy atom. The first-order chi connectivity index (χ1) is 13.2. The van der Waals surface area contributed by atoms with E-state index in [0.717, 1.165) is 43.6 Å². The molecule has 1 amide bonds. The molecule has 3 unspecified atom stereocenters. The highest BCUT2D eigenvalue weighted by molar-refractivity contribution is 9.11. The Labute approximate surface area is 170 Å². The van der Waals surface area contributed by atoms with Crippen LogP contribution < -0.4 is 0 Å². The quantitative estimate of drug-likeness (QED) is 0.637. The van der Waals surface area contributed by atoms with Crippen molar-refractivity contribution in [1.29, 1.82) is 0 Å². The standard InChI is InChI=1S/C21H27BBrN3O/c1-2-14-10-15-12-24-19-6-5-16(23)11-18(19)20(15)26(21(14)27)17-4-3-9-25(13-17)22-7-8-22/h5,11-12,14,17,19H,2-4,6-10,13H2,1H3. The van der Waals surface area contributed by atoms with Crippen LogP contribution in [0.25, 0.3) is 0 Å². The molecule has 0 saturated carbocycles. The number of rotatable bonds is 3. The normalized spacial score (nSPS) is 33.6. The Morgan fingerprint density at radius 2 is 2.22 bits per heavy atom. The van der Waals surface area contributed by atoms with Crippen LogP contribution in [0.3, 0.4) is 0 Å². The van der Waals surface area contributed by atoms with Crippen molar-refractivity contribution in [3.05, 3.63) is 33.5 Å². The molecule has 0 aromatic rings. The van der Waals surface area contributed by atoms with E-state index < -0.39 is 0 Å². The number of hydrogen-bond acceptors (Lipinski definition) is 3. The van der Waals surface area contributed by atoms with Crippen molar-refractivity contribution in [2.45, 2.75) is 63.8 Å². The van der Waals surface area contributed by atoms with E-state index in [9.17, 15) is 4.79 Å². The van der Waals surface area contributed by atoms with Gasteiger partial charge in [0.25, 0.3) is 0 Å². The van der Waals surface area contributed by atoms with Crippen LogP contribution in [0.5, 0.6) is 0 Å². The molecule has 0 N–H and O–H groups in total. The molecule has 6 heteroatoms. The molecule has 2 fully saturated rings. The van der Waals surface area contributed by atoms with E-state index in [-0.39, 0.29) is 12.0 Å². The Balaban J connectivity index is 1.55. The van der Waals surface area contributed by atoms with Gasteiger partial charge < -0.3 is 9.71 Å². The summed E-state index contributed by atoms with van der Waals surface area (Å²) in [6.07, 6.45) is 14.1. The minimum Gasteiger partial charge on any atom is -0.340 e. The number of nitrogens with zero attached hydrogens (tertiary/aromatic N) is 3. The van der Waals surface area contributed by atoms with Crippen LogP contribution >= 0.6 is 15.9 Å². The smallest absolute Gasteiger partial charge is 0.230 e. The summed E-state index contributed by atoms with van der Waals surface area (Å²) in [6.45, 7) is 5.16. The van der Waals surface area contributed by atoms with Gasteiger partial charge in [0.15, 0.2) is 0 Å². The van der Waals surface area contributed by atoms with E-state index >= 15 is 0 Å². The van der Waals surface area contributed by atoms with Crippen LogP contribution in [-0.4, -0.2) is 53.9 Å². The molecular formula is C21H27BBrN3O. The van der Waals surface area contributed by atoms with Crippen molar-refractivity contribution in [2.24, 2.45) is 10.9 Å². The zero-order chi connectivity index (χ0) is 18.5. The fourth-order valence-electron chi connectivity index (χ4n) is 5.20. The first kappa shape index (κ1) is 17.9. The van der Waals surface area contributed by atoms with Crippen LogP contribution in [-0.2, 0) is 4.79 Å². The number of piperidine rings is 1. The molecule has 0 spiro atoms. The Hall–Kier alpha value is -1.14. The van der Waals surface area contributed by atoms with Crippen molar-refractivity contribution in [2.75, 3.05) is 13.1 Å². The van der Waals surface area contributed by atoms with Crippen LogP contribution in [0.2, 0.25) is 12.6 Å². The number of aliphatic imine (C=N–C) groups is 1. The van der Waals surface area contributed by atoms with E-state index in [4.69, 9.17) is 4.99 Å². The molecule has 2 saturated heterocycles. The monoisotopic (exact) mass is 427 g/mol. The fraction of sp³-hybridized carbons (Fsp3) is 0.619. The first-order valence-corrected chi connectivity index (χ1v) is 11.4. The minimum atomic E-state index is 0.103. The molecule has 3 atom stereocenters. The summed E-state index contributed by atoms with van der Waals surface area (Å²) in [6, 6.07) is 0.477. The minimum absolute atomic E-state index is 0.103. The lowest BCUT2D eigenvalue weighted by Gasteiger charge is -2.46. The van der Waals surface area contributed by atoms with Crippen LogP contribution in [0.4, 0.5) is 0 Å². The molecule has 1 aliphatic carbocycles. The summed E-state index contributed by atoms with van der Waals surface area (Å²) in [5.41, 5.74) is 3.71.